The van der Waals surface area contributed by atoms with Gasteiger partial charge in [-0.05, 0) is 110 Å². The van der Waals surface area contributed by atoms with Gasteiger partial charge in [0.25, 0.3) is 0 Å². The number of hydrogen-bond acceptors (Lipinski definition) is 4. The number of pyridine rings is 1. The highest BCUT2D eigenvalue weighted by Crippen LogP contribution is 2.40. The summed E-state index contributed by atoms with van der Waals surface area (Å²) >= 11 is 6.08. The predicted molar refractivity (Wildman–Crippen MR) is 129 cm³/mol. The largest absolute Gasteiger partial charge is 0.367 e. The monoisotopic (exact) mass is 466 g/mol. The number of nitrogens with one attached hydrogen (secondary N) is 1. The van der Waals surface area contributed by atoms with Crippen molar-refractivity contribution in [2.24, 2.45) is 5.92 Å². The summed E-state index contributed by atoms with van der Waals surface area (Å²) in [5, 5.41) is 5.12. The van der Waals surface area contributed by atoms with Crippen LogP contribution in [0.15, 0.2) is 48.7 Å². The van der Waals surface area contributed by atoms with Gasteiger partial charge in [-0.3, -0.25) is 4.98 Å². The number of fused-ring (bicyclic) bond motifs is 2. The van der Waals surface area contributed by atoms with Crippen molar-refractivity contribution in [2.75, 3.05) is 5.32 Å². The Morgan fingerprint density at radius 2 is 1.64 bits per heavy atom. The molecule has 4 nitrogen and oxygen atoms in total. The van der Waals surface area contributed by atoms with Crippen LogP contribution in [-0.4, -0.2) is 21.0 Å². The van der Waals surface area contributed by atoms with Gasteiger partial charge in [0.1, 0.15) is 17.5 Å². The van der Waals surface area contributed by atoms with Gasteiger partial charge in [-0.15, -0.1) is 0 Å². The van der Waals surface area contributed by atoms with Crippen molar-refractivity contribution in [3.8, 4) is 0 Å². The highest BCUT2D eigenvalue weighted by atomic mass is 35.5. The number of benzene rings is 2. The normalized spacial score (nSPS) is 19.6. The second-order valence-corrected chi connectivity index (χ2v) is 9.40. The van der Waals surface area contributed by atoms with E-state index in [1.165, 1.54) is 23.8 Å². The number of aromatic nitrogens is 3. The molecule has 170 valence electrons. The molecule has 1 fully saturated rings. The Hall–Kier alpha value is -2.86. The average Bonchev–Trinajstić information content (AvgIpc) is 2.79. The molecule has 1 saturated carbocycles. The molecule has 2 aromatic heterocycles. The van der Waals surface area contributed by atoms with Crippen molar-refractivity contribution in [3.05, 3.63) is 71.1 Å². The maximum absolute atomic E-state index is 13.8. The van der Waals surface area contributed by atoms with Gasteiger partial charge in [-0.2, -0.15) is 0 Å². The van der Waals surface area contributed by atoms with E-state index in [-0.39, 0.29) is 23.0 Å². The first kappa shape index (κ1) is 22.0. The molecule has 1 aliphatic rings. The Kier molecular flexibility index (Phi) is 6.11. The third-order valence-electron chi connectivity index (χ3n) is 6.72. The quantitative estimate of drug-likeness (QED) is 0.314. The fraction of sp³-hybridized carbons (Fsp3) is 0.346. The van der Waals surface area contributed by atoms with Crippen LogP contribution < -0.4 is 5.32 Å². The van der Waals surface area contributed by atoms with E-state index in [9.17, 15) is 8.78 Å². The van der Waals surface area contributed by atoms with Crippen LogP contribution >= 0.6 is 11.6 Å². The van der Waals surface area contributed by atoms with Crippen molar-refractivity contribution in [1.82, 2.24) is 15.0 Å². The Morgan fingerprint density at radius 1 is 0.939 bits per heavy atom. The third kappa shape index (κ3) is 4.76. The first-order valence-electron chi connectivity index (χ1n) is 11.4. The smallest absolute Gasteiger partial charge is 0.224 e. The van der Waals surface area contributed by atoms with Crippen LogP contribution in [0.1, 0.15) is 50.5 Å². The summed E-state index contributed by atoms with van der Waals surface area (Å²) in [6.45, 7) is 2.12. The van der Waals surface area contributed by atoms with Crippen molar-refractivity contribution in [1.29, 1.82) is 0 Å². The van der Waals surface area contributed by atoms with E-state index >= 15 is 0 Å². The standard InChI is InChI=1S/C26H25ClF2N4/c1-15(31-25-22-14-19(29)7-9-24(22)32-26(27)33-25)12-16-2-4-17(5-3-16)20-10-11-30-23-8-6-18(28)13-21(20)23/h6-11,13-17H,2-5,12H2,1H3,(H,31,32,33)/t15?,16-,17-. The van der Waals surface area contributed by atoms with Gasteiger partial charge >= 0.3 is 0 Å². The Bertz CT molecular complexity index is 1300. The zero-order valence-electron chi connectivity index (χ0n) is 18.4. The summed E-state index contributed by atoms with van der Waals surface area (Å²) in [5.41, 5.74) is 2.67. The fourth-order valence-electron chi connectivity index (χ4n) is 5.18. The molecule has 0 amide bonds. The second kappa shape index (κ2) is 9.18. The summed E-state index contributed by atoms with van der Waals surface area (Å²) in [6.07, 6.45) is 7.16. The first-order valence-corrected chi connectivity index (χ1v) is 11.8. The van der Waals surface area contributed by atoms with Gasteiger partial charge in [0.15, 0.2) is 0 Å². The molecule has 33 heavy (non-hydrogen) atoms. The highest BCUT2D eigenvalue weighted by Gasteiger charge is 2.25. The molecule has 7 heteroatoms. The Morgan fingerprint density at radius 3 is 2.39 bits per heavy atom. The fourth-order valence-corrected chi connectivity index (χ4v) is 5.36. The van der Waals surface area contributed by atoms with E-state index in [2.05, 4.69) is 27.2 Å². The third-order valence-corrected chi connectivity index (χ3v) is 6.89. The highest BCUT2D eigenvalue weighted by molar-refractivity contribution is 6.28. The maximum Gasteiger partial charge on any atom is 0.224 e. The second-order valence-electron chi connectivity index (χ2n) is 9.06. The van der Waals surface area contributed by atoms with Crippen LogP contribution in [0.2, 0.25) is 5.28 Å². The molecular weight excluding hydrogens is 442 g/mol. The predicted octanol–water partition coefficient (Wildman–Crippen LogP) is 7.27. The lowest BCUT2D eigenvalue weighted by Crippen LogP contribution is -2.23. The van der Waals surface area contributed by atoms with Crippen molar-refractivity contribution in [3.63, 3.8) is 0 Å². The first-order chi connectivity index (χ1) is 16.0. The summed E-state index contributed by atoms with van der Waals surface area (Å²) in [6, 6.07) is 11.4. The lowest BCUT2D eigenvalue weighted by molar-refractivity contribution is 0.302. The molecule has 4 aromatic rings. The van der Waals surface area contributed by atoms with Crippen LogP contribution in [-0.2, 0) is 0 Å². The molecule has 2 aromatic carbocycles. The Balaban J connectivity index is 1.25. The van der Waals surface area contributed by atoms with Gasteiger partial charge in [0, 0.05) is 23.0 Å². The molecule has 1 aliphatic carbocycles. The summed E-state index contributed by atoms with van der Waals surface area (Å²) in [4.78, 5) is 12.9. The van der Waals surface area contributed by atoms with Crippen LogP contribution in [0, 0.1) is 17.6 Å². The Labute approximate surface area is 196 Å². The van der Waals surface area contributed by atoms with Crippen LogP contribution in [0.4, 0.5) is 14.6 Å². The number of anilines is 1. The van der Waals surface area contributed by atoms with E-state index < -0.39 is 0 Å². The molecule has 0 bridgehead atoms. The molecule has 0 saturated heterocycles. The van der Waals surface area contributed by atoms with Gasteiger partial charge in [-0.25, -0.2) is 18.7 Å². The SMILES string of the molecule is CC(C[C@H]1CC[C@H](c2ccnc3ccc(F)cc32)CC1)Nc1nc(Cl)nc2ccc(F)cc12. The molecule has 0 radical (unpaired) electrons. The summed E-state index contributed by atoms with van der Waals surface area (Å²) in [7, 11) is 0. The minimum Gasteiger partial charge on any atom is -0.367 e. The van der Waals surface area contributed by atoms with E-state index in [4.69, 9.17) is 11.6 Å². The topological polar surface area (TPSA) is 50.7 Å². The molecule has 0 aliphatic heterocycles. The number of rotatable bonds is 5. The lowest BCUT2D eigenvalue weighted by atomic mass is 9.76. The minimum absolute atomic E-state index is 0.144. The molecule has 1 unspecified atom stereocenters. The van der Waals surface area contributed by atoms with E-state index in [1.54, 1.807) is 18.2 Å². The van der Waals surface area contributed by atoms with Gasteiger partial charge < -0.3 is 5.32 Å². The number of hydrogen-bond donors (Lipinski definition) is 1. The van der Waals surface area contributed by atoms with Gasteiger partial charge in [-0.1, -0.05) is 0 Å². The summed E-state index contributed by atoms with van der Waals surface area (Å²) < 4.78 is 27.6. The minimum atomic E-state index is -0.328. The van der Waals surface area contributed by atoms with Crippen molar-refractivity contribution in [2.45, 2.75) is 51.0 Å². The van der Waals surface area contributed by atoms with Crippen LogP contribution in [0.3, 0.4) is 0 Å². The lowest BCUT2D eigenvalue weighted by Gasteiger charge is -2.31. The number of nitrogens with zero attached hydrogens (tertiary/aromatic N) is 3. The molecule has 1 N–H and O–H groups in total. The van der Waals surface area contributed by atoms with E-state index in [0.717, 1.165) is 43.0 Å². The van der Waals surface area contributed by atoms with Crippen LogP contribution in [0.5, 0.6) is 0 Å². The zero-order valence-corrected chi connectivity index (χ0v) is 19.1. The van der Waals surface area contributed by atoms with E-state index in [1.807, 2.05) is 12.3 Å². The average molecular weight is 467 g/mol. The zero-order chi connectivity index (χ0) is 22.9. The van der Waals surface area contributed by atoms with Crippen LogP contribution in [0.25, 0.3) is 21.8 Å². The number of halogens is 3. The van der Waals surface area contributed by atoms with Gasteiger partial charge in [0.05, 0.1) is 11.0 Å². The van der Waals surface area contributed by atoms with Crippen molar-refractivity contribution >= 4 is 39.2 Å². The molecule has 1 atom stereocenters. The summed E-state index contributed by atoms with van der Waals surface area (Å²) in [5.74, 6) is 1.02. The molecule has 2 heterocycles. The molecule has 5 rings (SSSR count). The van der Waals surface area contributed by atoms with Gasteiger partial charge in [0.2, 0.25) is 5.28 Å². The van der Waals surface area contributed by atoms with E-state index in [0.29, 0.717) is 28.6 Å². The maximum atomic E-state index is 13.8. The molecule has 0 spiro atoms. The van der Waals surface area contributed by atoms with Crippen molar-refractivity contribution < 1.29 is 8.78 Å². The molecular formula is C26H25ClF2N4.